The normalized spacial score (nSPS) is 17.3. The summed E-state index contributed by atoms with van der Waals surface area (Å²) in [4.78, 5) is 19.0. The van der Waals surface area contributed by atoms with E-state index in [1.807, 2.05) is 12.1 Å². The summed E-state index contributed by atoms with van der Waals surface area (Å²) in [6, 6.07) is 3.53. The van der Waals surface area contributed by atoms with E-state index in [0.29, 0.717) is 11.5 Å². The summed E-state index contributed by atoms with van der Waals surface area (Å²) >= 11 is 0. The highest BCUT2D eigenvalue weighted by Crippen LogP contribution is 2.21. The Hall–Kier alpha value is -1.62. The van der Waals surface area contributed by atoms with Gasteiger partial charge in [-0.2, -0.15) is 0 Å². The first kappa shape index (κ1) is 17.7. The number of amides is 1. The molecule has 1 aliphatic rings. The largest absolute Gasteiger partial charge is 0.394 e. The second kappa shape index (κ2) is 8.29. The van der Waals surface area contributed by atoms with E-state index in [-0.39, 0.29) is 18.6 Å². The number of carbonyl (C=O) groups excluding carboxylic acids is 1. The van der Waals surface area contributed by atoms with Gasteiger partial charge in [0.2, 0.25) is 0 Å². The molecule has 5 heteroatoms. The van der Waals surface area contributed by atoms with Crippen LogP contribution in [-0.2, 0) is 0 Å². The lowest BCUT2D eigenvalue weighted by Crippen LogP contribution is -2.38. The van der Waals surface area contributed by atoms with Gasteiger partial charge in [0, 0.05) is 19.3 Å². The fraction of sp³-hybridized carbons (Fsp3) is 0.667. The molecule has 0 radical (unpaired) electrons. The number of carbonyl (C=O) groups is 1. The van der Waals surface area contributed by atoms with Gasteiger partial charge in [-0.15, -0.1) is 0 Å². The van der Waals surface area contributed by atoms with E-state index < -0.39 is 0 Å². The van der Waals surface area contributed by atoms with Gasteiger partial charge in [-0.1, -0.05) is 20.8 Å². The average Bonchev–Trinajstić information content (AvgIpc) is 2.54. The van der Waals surface area contributed by atoms with Crippen molar-refractivity contribution >= 4 is 11.7 Å². The van der Waals surface area contributed by atoms with Gasteiger partial charge in [-0.25, -0.2) is 4.98 Å². The summed E-state index contributed by atoms with van der Waals surface area (Å²) < 4.78 is 0. The molecule has 0 saturated carbocycles. The maximum atomic E-state index is 12.3. The van der Waals surface area contributed by atoms with Crippen molar-refractivity contribution in [1.29, 1.82) is 0 Å². The molecule has 1 fully saturated rings. The van der Waals surface area contributed by atoms with Crippen LogP contribution in [0.2, 0.25) is 0 Å². The molecule has 0 spiro atoms. The fourth-order valence-electron chi connectivity index (χ4n) is 2.96. The molecule has 1 aromatic rings. The first-order valence-electron chi connectivity index (χ1n) is 8.62. The summed E-state index contributed by atoms with van der Waals surface area (Å²) in [7, 11) is 0. The fourth-order valence-corrected chi connectivity index (χ4v) is 2.96. The number of aliphatic hydroxyl groups is 1. The van der Waals surface area contributed by atoms with Crippen LogP contribution in [0.4, 0.5) is 5.82 Å². The quantitative estimate of drug-likeness (QED) is 0.845. The number of rotatable bonds is 6. The molecule has 23 heavy (non-hydrogen) atoms. The van der Waals surface area contributed by atoms with Crippen molar-refractivity contribution < 1.29 is 9.90 Å². The number of nitrogens with zero attached hydrogens (tertiary/aromatic N) is 2. The summed E-state index contributed by atoms with van der Waals surface area (Å²) in [5.41, 5.74) is 0.543. The Morgan fingerprint density at radius 2 is 2.09 bits per heavy atom. The van der Waals surface area contributed by atoms with E-state index in [1.54, 1.807) is 6.20 Å². The minimum absolute atomic E-state index is 0.0403. The first-order valence-corrected chi connectivity index (χ1v) is 8.62. The summed E-state index contributed by atoms with van der Waals surface area (Å²) in [5, 5.41) is 12.2. The Labute approximate surface area is 139 Å². The van der Waals surface area contributed by atoms with E-state index in [0.717, 1.165) is 31.2 Å². The number of anilines is 1. The number of hydrogen-bond donors (Lipinski definition) is 2. The zero-order valence-electron chi connectivity index (χ0n) is 14.5. The maximum Gasteiger partial charge on any atom is 0.253 e. The first-order chi connectivity index (χ1) is 11.0. The molecule has 2 rings (SSSR count). The minimum atomic E-state index is -0.203. The molecule has 0 aliphatic carbocycles. The van der Waals surface area contributed by atoms with Crippen LogP contribution in [0.1, 0.15) is 50.4 Å². The van der Waals surface area contributed by atoms with E-state index >= 15 is 0 Å². The average molecular weight is 319 g/mol. The number of pyridine rings is 1. The Morgan fingerprint density at radius 1 is 1.39 bits per heavy atom. The molecule has 0 aromatic carbocycles. The topological polar surface area (TPSA) is 65.5 Å². The predicted octanol–water partition coefficient (Wildman–Crippen LogP) is 2.45. The van der Waals surface area contributed by atoms with Crippen LogP contribution in [0.25, 0.3) is 0 Å². The highest BCUT2D eigenvalue weighted by atomic mass is 16.3. The Bertz CT molecular complexity index is 493. The standard InChI is InChI=1S/C18H29N3O2/c1-13(2)10-16(12-22)20-18(23)15-4-5-17(19-11-15)21-8-6-14(3)7-9-21/h4-5,11,13-14,16,22H,6-10,12H2,1-3H3,(H,20,23). The Morgan fingerprint density at radius 3 is 2.61 bits per heavy atom. The predicted molar refractivity (Wildman–Crippen MR) is 92.6 cm³/mol. The summed E-state index contributed by atoms with van der Waals surface area (Å²) in [5.74, 6) is 1.98. The molecule has 1 unspecified atom stereocenters. The smallest absolute Gasteiger partial charge is 0.253 e. The molecular formula is C18H29N3O2. The lowest BCUT2D eigenvalue weighted by Gasteiger charge is -2.31. The van der Waals surface area contributed by atoms with Crippen LogP contribution in [0, 0.1) is 11.8 Å². The van der Waals surface area contributed by atoms with Crippen molar-refractivity contribution in [3.8, 4) is 0 Å². The van der Waals surface area contributed by atoms with E-state index in [4.69, 9.17) is 0 Å². The van der Waals surface area contributed by atoms with Gasteiger partial charge in [0.25, 0.3) is 5.91 Å². The van der Waals surface area contributed by atoms with Gasteiger partial charge in [0.15, 0.2) is 0 Å². The van der Waals surface area contributed by atoms with Gasteiger partial charge in [0.1, 0.15) is 5.82 Å². The van der Waals surface area contributed by atoms with Crippen molar-refractivity contribution in [3.05, 3.63) is 23.9 Å². The second-order valence-electron chi connectivity index (χ2n) is 7.06. The summed E-state index contributed by atoms with van der Waals surface area (Å²) in [6.07, 6.45) is 4.78. The zero-order valence-corrected chi connectivity index (χ0v) is 14.5. The number of hydrogen-bond acceptors (Lipinski definition) is 4. The molecule has 1 aliphatic heterocycles. The maximum absolute atomic E-state index is 12.3. The van der Waals surface area contributed by atoms with E-state index in [1.165, 1.54) is 12.8 Å². The van der Waals surface area contributed by atoms with Crippen molar-refractivity contribution in [2.24, 2.45) is 11.8 Å². The molecule has 1 amide bonds. The van der Waals surface area contributed by atoms with Gasteiger partial charge in [-0.3, -0.25) is 4.79 Å². The van der Waals surface area contributed by atoms with Crippen LogP contribution < -0.4 is 10.2 Å². The van der Waals surface area contributed by atoms with Crippen LogP contribution in [0.5, 0.6) is 0 Å². The molecule has 0 bridgehead atoms. The molecule has 2 heterocycles. The molecule has 5 nitrogen and oxygen atoms in total. The monoisotopic (exact) mass is 319 g/mol. The molecule has 128 valence electrons. The molecule has 1 aromatic heterocycles. The number of piperidine rings is 1. The number of nitrogens with one attached hydrogen (secondary N) is 1. The van der Waals surface area contributed by atoms with Crippen LogP contribution in [-0.4, -0.2) is 41.7 Å². The minimum Gasteiger partial charge on any atom is -0.394 e. The van der Waals surface area contributed by atoms with Crippen LogP contribution >= 0.6 is 0 Å². The highest BCUT2D eigenvalue weighted by Gasteiger charge is 2.18. The van der Waals surface area contributed by atoms with E-state index in [9.17, 15) is 9.90 Å². The van der Waals surface area contributed by atoms with Crippen molar-refractivity contribution in [2.45, 2.75) is 46.1 Å². The summed E-state index contributed by atoms with van der Waals surface area (Å²) in [6.45, 7) is 8.45. The Balaban J connectivity index is 1.94. The lowest BCUT2D eigenvalue weighted by atomic mass is 9.99. The van der Waals surface area contributed by atoms with Gasteiger partial charge in [-0.05, 0) is 43.2 Å². The van der Waals surface area contributed by atoms with Crippen molar-refractivity contribution in [3.63, 3.8) is 0 Å². The molecule has 1 saturated heterocycles. The highest BCUT2D eigenvalue weighted by molar-refractivity contribution is 5.94. The van der Waals surface area contributed by atoms with Crippen LogP contribution in [0.3, 0.4) is 0 Å². The van der Waals surface area contributed by atoms with Gasteiger partial charge in [0.05, 0.1) is 18.2 Å². The molecule has 2 N–H and O–H groups in total. The van der Waals surface area contributed by atoms with Crippen molar-refractivity contribution in [2.75, 3.05) is 24.6 Å². The van der Waals surface area contributed by atoms with Gasteiger partial charge >= 0.3 is 0 Å². The lowest BCUT2D eigenvalue weighted by molar-refractivity contribution is 0.0908. The molecule has 1 atom stereocenters. The van der Waals surface area contributed by atoms with Gasteiger partial charge < -0.3 is 15.3 Å². The van der Waals surface area contributed by atoms with Crippen molar-refractivity contribution in [1.82, 2.24) is 10.3 Å². The van der Waals surface area contributed by atoms with Crippen LogP contribution in [0.15, 0.2) is 18.3 Å². The van der Waals surface area contributed by atoms with E-state index in [2.05, 4.69) is 36.0 Å². The third-order valence-corrected chi connectivity index (χ3v) is 4.43. The zero-order chi connectivity index (χ0) is 16.8. The third-order valence-electron chi connectivity index (χ3n) is 4.43. The number of aromatic nitrogens is 1. The molecular weight excluding hydrogens is 290 g/mol. The SMILES string of the molecule is CC(C)CC(CO)NC(=O)c1ccc(N2CCC(C)CC2)nc1. The Kier molecular flexibility index (Phi) is 6.39. The second-order valence-corrected chi connectivity index (χ2v) is 7.06. The third kappa shape index (κ3) is 5.20. The number of aliphatic hydroxyl groups excluding tert-OH is 1.